The van der Waals surface area contributed by atoms with Gasteiger partial charge in [-0.3, -0.25) is 19.4 Å². The topological polar surface area (TPSA) is 88.7 Å². The summed E-state index contributed by atoms with van der Waals surface area (Å²) >= 11 is 0. The zero-order valence-electron chi connectivity index (χ0n) is 20.4. The Morgan fingerprint density at radius 1 is 0.774 bits per heavy atom. The van der Waals surface area contributed by atoms with Crippen molar-refractivity contribution in [2.75, 3.05) is 93.6 Å². The van der Waals surface area contributed by atoms with Crippen LogP contribution in [0, 0.1) is 0 Å². The van der Waals surface area contributed by atoms with Gasteiger partial charge in [-0.1, -0.05) is 0 Å². The zero-order chi connectivity index (χ0) is 23.6. The molecule has 2 fully saturated rings. The summed E-state index contributed by atoms with van der Waals surface area (Å²) in [6.45, 7) is 13.2. The Bertz CT molecular complexity index is 577. The average molecular weight is 443 g/mol. The second-order valence-electron chi connectivity index (χ2n) is 9.35. The van der Waals surface area contributed by atoms with Crippen LogP contribution in [0.1, 0.15) is 20.8 Å². The normalized spacial score (nSPS) is 18.0. The molecular formula is C21H42N6O4. The number of likely N-dealkylation sites (N-methyl/N-ethyl adjacent to an activating group) is 2. The van der Waals surface area contributed by atoms with Gasteiger partial charge in [0.05, 0.1) is 13.1 Å². The molecule has 0 spiro atoms. The lowest BCUT2D eigenvalue weighted by atomic mass is 10.2. The summed E-state index contributed by atoms with van der Waals surface area (Å²) in [5, 5.41) is 3.25. The minimum atomic E-state index is -0.463. The smallest absolute Gasteiger partial charge is 0.410 e. The molecule has 0 bridgehead atoms. The summed E-state index contributed by atoms with van der Waals surface area (Å²) in [4.78, 5) is 43.9. The van der Waals surface area contributed by atoms with Crippen molar-refractivity contribution in [1.29, 1.82) is 0 Å². The lowest BCUT2D eigenvalue weighted by Crippen LogP contribution is -2.51. The number of ether oxygens (including phenoxy) is 1. The molecule has 0 aromatic rings. The van der Waals surface area contributed by atoms with Crippen molar-refractivity contribution in [3.63, 3.8) is 0 Å². The Hall–Kier alpha value is -1.91. The molecule has 2 heterocycles. The average Bonchev–Trinajstić information content (AvgIpc) is 2.68. The lowest BCUT2D eigenvalue weighted by Gasteiger charge is -2.35. The first-order valence-electron chi connectivity index (χ1n) is 10.9. The molecule has 2 aliphatic heterocycles. The number of carbonyl (C=O) groups excluding carboxylic acids is 3. The monoisotopic (exact) mass is 442 g/mol. The molecule has 0 aromatic heterocycles. The van der Waals surface area contributed by atoms with Crippen molar-refractivity contribution in [2.45, 2.75) is 26.4 Å². The van der Waals surface area contributed by atoms with Crippen molar-refractivity contribution >= 4 is 17.9 Å². The van der Waals surface area contributed by atoms with Crippen LogP contribution in [0.5, 0.6) is 0 Å². The van der Waals surface area contributed by atoms with E-state index in [9.17, 15) is 14.4 Å². The van der Waals surface area contributed by atoms with E-state index < -0.39 is 5.60 Å². The van der Waals surface area contributed by atoms with E-state index in [1.54, 1.807) is 42.9 Å². The minimum Gasteiger partial charge on any atom is -0.444 e. The third-order valence-corrected chi connectivity index (χ3v) is 4.95. The molecule has 180 valence electrons. The molecule has 3 amide bonds. The highest BCUT2D eigenvalue weighted by Gasteiger charge is 2.26. The summed E-state index contributed by atoms with van der Waals surface area (Å²) in [5.74, 6) is 0.280. The molecule has 0 aromatic carbocycles. The maximum Gasteiger partial charge on any atom is 0.410 e. The van der Waals surface area contributed by atoms with Crippen LogP contribution >= 0.6 is 0 Å². The molecule has 0 saturated carbocycles. The first-order valence-corrected chi connectivity index (χ1v) is 10.9. The lowest BCUT2D eigenvalue weighted by molar-refractivity contribution is -0.130. The fourth-order valence-electron chi connectivity index (χ4n) is 2.95. The zero-order valence-corrected chi connectivity index (χ0v) is 20.4. The summed E-state index contributed by atoms with van der Waals surface area (Å²) in [7, 11) is 7.09. The Kier molecular flexibility index (Phi) is 11.2. The van der Waals surface area contributed by atoms with Gasteiger partial charge in [0.2, 0.25) is 11.8 Å². The van der Waals surface area contributed by atoms with Gasteiger partial charge in [-0.15, -0.1) is 0 Å². The van der Waals surface area contributed by atoms with E-state index in [0.29, 0.717) is 39.3 Å². The molecule has 2 saturated heterocycles. The molecular weight excluding hydrogens is 400 g/mol. The fourth-order valence-corrected chi connectivity index (χ4v) is 2.95. The highest BCUT2D eigenvalue weighted by Crippen LogP contribution is 2.11. The number of nitrogens with zero attached hydrogens (tertiary/aromatic N) is 5. The van der Waals surface area contributed by atoms with Crippen LogP contribution in [-0.2, 0) is 14.3 Å². The molecule has 0 unspecified atom stereocenters. The van der Waals surface area contributed by atoms with Crippen LogP contribution in [0.3, 0.4) is 0 Å². The maximum absolute atomic E-state index is 11.9. The Morgan fingerprint density at radius 2 is 1.19 bits per heavy atom. The fraction of sp³-hybridized carbons (Fsp3) is 0.857. The van der Waals surface area contributed by atoms with Crippen LogP contribution in [0.2, 0.25) is 0 Å². The molecule has 0 atom stereocenters. The van der Waals surface area contributed by atoms with Gasteiger partial charge in [0.1, 0.15) is 5.60 Å². The molecule has 31 heavy (non-hydrogen) atoms. The van der Waals surface area contributed by atoms with Gasteiger partial charge in [-0.2, -0.15) is 0 Å². The quantitative estimate of drug-likeness (QED) is 0.634. The van der Waals surface area contributed by atoms with Gasteiger partial charge < -0.3 is 24.8 Å². The number of nitrogens with one attached hydrogen (secondary N) is 1. The third-order valence-electron chi connectivity index (χ3n) is 4.95. The maximum atomic E-state index is 11.9. The second kappa shape index (κ2) is 12.8. The van der Waals surface area contributed by atoms with Crippen LogP contribution in [0.25, 0.3) is 0 Å². The standard InChI is InChI=1S/C13H25N3O3.C8H17N3O/c1-13(2,3)19-12(18)16-8-6-15(7-9-16)10-11(17)14(4)5;1-10(2)8(12)7-11-5-3-9-4-6-11/h6-10H2,1-5H3;9H,3-7H2,1-2H3. The van der Waals surface area contributed by atoms with Gasteiger partial charge in [0.15, 0.2) is 0 Å². The van der Waals surface area contributed by atoms with Gasteiger partial charge in [-0.05, 0) is 20.8 Å². The highest BCUT2D eigenvalue weighted by molar-refractivity contribution is 5.78. The predicted octanol–water partition coefficient (Wildman–Crippen LogP) is -0.393. The van der Waals surface area contributed by atoms with Crippen LogP contribution in [0.4, 0.5) is 4.79 Å². The van der Waals surface area contributed by atoms with E-state index in [1.165, 1.54) is 0 Å². The largest absolute Gasteiger partial charge is 0.444 e. The second-order valence-corrected chi connectivity index (χ2v) is 9.35. The van der Waals surface area contributed by atoms with E-state index in [4.69, 9.17) is 4.74 Å². The molecule has 0 radical (unpaired) electrons. The molecule has 10 nitrogen and oxygen atoms in total. The number of hydrogen-bond donors (Lipinski definition) is 1. The SMILES string of the molecule is CN(C)C(=O)CN1CCN(C(=O)OC(C)(C)C)CC1.CN(C)C(=O)CN1CCNCC1. The number of hydrogen-bond acceptors (Lipinski definition) is 7. The third kappa shape index (κ3) is 11.3. The number of piperazine rings is 2. The van der Waals surface area contributed by atoms with Crippen LogP contribution < -0.4 is 5.32 Å². The van der Waals surface area contributed by atoms with E-state index in [0.717, 1.165) is 26.2 Å². The summed E-state index contributed by atoms with van der Waals surface area (Å²) in [6, 6.07) is 0. The summed E-state index contributed by atoms with van der Waals surface area (Å²) < 4.78 is 5.33. The first kappa shape index (κ1) is 27.1. The summed E-state index contributed by atoms with van der Waals surface area (Å²) in [5.41, 5.74) is -0.463. The minimum absolute atomic E-state index is 0.0886. The van der Waals surface area contributed by atoms with E-state index in [2.05, 4.69) is 15.1 Å². The molecule has 2 rings (SSSR count). The predicted molar refractivity (Wildman–Crippen MR) is 121 cm³/mol. The van der Waals surface area contributed by atoms with Gasteiger partial charge in [0.25, 0.3) is 0 Å². The molecule has 2 aliphatic rings. The Balaban J connectivity index is 0.000000343. The highest BCUT2D eigenvalue weighted by atomic mass is 16.6. The Morgan fingerprint density at radius 3 is 1.58 bits per heavy atom. The molecule has 0 aliphatic carbocycles. The van der Waals surface area contributed by atoms with E-state index >= 15 is 0 Å². The van der Waals surface area contributed by atoms with Gasteiger partial charge in [0, 0.05) is 80.5 Å². The van der Waals surface area contributed by atoms with Crippen molar-refractivity contribution < 1.29 is 19.1 Å². The van der Waals surface area contributed by atoms with Crippen LogP contribution in [0.15, 0.2) is 0 Å². The first-order chi connectivity index (χ1) is 14.4. The summed E-state index contributed by atoms with van der Waals surface area (Å²) in [6.07, 6.45) is -0.272. The van der Waals surface area contributed by atoms with Crippen LogP contribution in [-0.4, -0.2) is 142 Å². The van der Waals surface area contributed by atoms with Gasteiger partial charge >= 0.3 is 6.09 Å². The van der Waals surface area contributed by atoms with Crippen molar-refractivity contribution in [2.24, 2.45) is 0 Å². The van der Waals surface area contributed by atoms with Crippen molar-refractivity contribution in [1.82, 2.24) is 29.8 Å². The molecule has 1 N–H and O–H groups in total. The van der Waals surface area contributed by atoms with Crippen molar-refractivity contribution in [3.05, 3.63) is 0 Å². The van der Waals surface area contributed by atoms with E-state index in [-0.39, 0.29) is 17.9 Å². The number of amides is 3. The van der Waals surface area contributed by atoms with E-state index in [1.807, 2.05) is 20.8 Å². The van der Waals surface area contributed by atoms with Gasteiger partial charge in [-0.25, -0.2) is 4.79 Å². The van der Waals surface area contributed by atoms with Crippen molar-refractivity contribution in [3.8, 4) is 0 Å². The Labute approximate surface area is 187 Å². The molecule has 10 heteroatoms. The number of carbonyl (C=O) groups is 3. The number of rotatable bonds is 4.